The van der Waals surface area contributed by atoms with Crippen LogP contribution in [0.4, 0.5) is 4.79 Å². The maximum absolute atomic E-state index is 11.4. The molecule has 0 aromatic carbocycles. The van der Waals surface area contributed by atoms with E-state index in [9.17, 15) is 4.79 Å². The zero-order valence-corrected chi connectivity index (χ0v) is 13.9. The maximum Gasteiger partial charge on any atom is 0.407 e. The Labute approximate surface area is 123 Å². The lowest BCUT2D eigenvalue weighted by molar-refractivity contribution is 0.0526. The molecule has 0 aliphatic carbocycles. The molecular formula is C15H32N2O3. The number of amides is 1. The number of carbonyl (C=O) groups excluding carboxylic acids is 1. The second-order valence-electron chi connectivity index (χ2n) is 6.25. The standard InChI is InChI=1S/C15H32N2O3/c1-7-19-11-13(12(2)3)16-9-8-10-17-14(18)20-15(4,5)6/h12-13,16H,7-11H2,1-6H3,(H,17,18). The minimum Gasteiger partial charge on any atom is -0.444 e. The van der Waals surface area contributed by atoms with Gasteiger partial charge in [0.2, 0.25) is 0 Å². The quantitative estimate of drug-likeness (QED) is 0.640. The number of ether oxygens (including phenoxy) is 2. The van der Waals surface area contributed by atoms with Crippen LogP contribution in [-0.4, -0.2) is 44.0 Å². The Bertz CT molecular complexity index is 262. The fraction of sp³-hybridized carbons (Fsp3) is 0.933. The van der Waals surface area contributed by atoms with Gasteiger partial charge in [0, 0.05) is 19.2 Å². The summed E-state index contributed by atoms with van der Waals surface area (Å²) in [6.45, 7) is 14.9. The molecule has 0 aliphatic heterocycles. The molecule has 20 heavy (non-hydrogen) atoms. The van der Waals surface area contributed by atoms with Crippen molar-refractivity contribution in [2.24, 2.45) is 5.92 Å². The Morgan fingerprint density at radius 1 is 1.20 bits per heavy atom. The lowest BCUT2D eigenvalue weighted by Gasteiger charge is -2.22. The predicted molar refractivity (Wildman–Crippen MR) is 82.0 cm³/mol. The molecule has 0 fully saturated rings. The van der Waals surface area contributed by atoms with Crippen molar-refractivity contribution < 1.29 is 14.3 Å². The third-order valence-corrected chi connectivity index (χ3v) is 2.73. The van der Waals surface area contributed by atoms with Crippen LogP contribution in [-0.2, 0) is 9.47 Å². The second kappa shape index (κ2) is 10.00. The van der Waals surface area contributed by atoms with Crippen LogP contribution >= 0.6 is 0 Å². The van der Waals surface area contributed by atoms with Crippen LogP contribution in [0, 0.1) is 5.92 Å². The average Bonchev–Trinajstić information content (AvgIpc) is 2.29. The highest BCUT2D eigenvalue weighted by Crippen LogP contribution is 2.06. The predicted octanol–water partition coefficient (Wildman–Crippen LogP) is 2.55. The zero-order chi connectivity index (χ0) is 15.6. The summed E-state index contributed by atoms with van der Waals surface area (Å²) in [7, 11) is 0. The molecule has 5 heteroatoms. The van der Waals surface area contributed by atoms with E-state index in [0.29, 0.717) is 18.5 Å². The Morgan fingerprint density at radius 2 is 1.85 bits per heavy atom. The highest BCUT2D eigenvalue weighted by atomic mass is 16.6. The molecule has 0 aromatic heterocycles. The molecule has 1 amide bonds. The maximum atomic E-state index is 11.4. The molecule has 5 nitrogen and oxygen atoms in total. The van der Waals surface area contributed by atoms with E-state index in [4.69, 9.17) is 9.47 Å². The third kappa shape index (κ3) is 11.1. The summed E-state index contributed by atoms with van der Waals surface area (Å²) in [4.78, 5) is 11.4. The van der Waals surface area contributed by atoms with Gasteiger partial charge in [-0.25, -0.2) is 4.79 Å². The monoisotopic (exact) mass is 288 g/mol. The van der Waals surface area contributed by atoms with Crippen molar-refractivity contribution in [3.8, 4) is 0 Å². The van der Waals surface area contributed by atoms with Gasteiger partial charge in [0.05, 0.1) is 6.61 Å². The SMILES string of the molecule is CCOCC(NCCCNC(=O)OC(C)(C)C)C(C)C. The van der Waals surface area contributed by atoms with Gasteiger partial charge in [-0.15, -0.1) is 0 Å². The molecule has 1 atom stereocenters. The molecule has 1 unspecified atom stereocenters. The van der Waals surface area contributed by atoms with Crippen LogP contribution in [0.15, 0.2) is 0 Å². The Balaban J connectivity index is 3.71. The highest BCUT2D eigenvalue weighted by Gasteiger charge is 2.15. The minimum absolute atomic E-state index is 0.354. The fourth-order valence-corrected chi connectivity index (χ4v) is 1.61. The largest absolute Gasteiger partial charge is 0.444 e. The summed E-state index contributed by atoms with van der Waals surface area (Å²) in [5.74, 6) is 0.528. The Kier molecular flexibility index (Phi) is 9.59. The van der Waals surface area contributed by atoms with Gasteiger partial charge in [-0.05, 0) is 46.6 Å². The van der Waals surface area contributed by atoms with Crippen molar-refractivity contribution >= 4 is 6.09 Å². The minimum atomic E-state index is -0.442. The van der Waals surface area contributed by atoms with Crippen LogP contribution in [0.5, 0.6) is 0 Å². The van der Waals surface area contributed by atoms with E-state index in [1.165, 1.54) is 0 Å². The molecule has 0 rings (SSSR count). The third-order valence-electron chi connectivity index (χ3n) is 2.73. The van der Waals surface area contributed by atoms with E-state index in [0.717, 1.165) is 26.2 Å². The van der Waals surface area contributed by atoms with Gasteiger partial charge in [0.1, 0.15) is 5.60 Å². The number of hydrogen-bond donors (Lipinski definition) is 2. The van der Waals surface area contributed by atoms with E-state index in [-0.39, 0.29) is 6.09 Å². The first-order chi connectivity index (χ1) is 9.26. The van der Waals surface area contributed by atoms with Crippen LogP contribution in [0.3, 0.4) is 0 Å². The molecule has 0 heterocycles. The summed E-state index contributed by atoms with van der Waals surface area (Å²) in [6.07, 6.45) is 0.515. The van der Waals surface area contributed by atoms with Crippen molar-refractivity contribution in [3.05, 3.63) is 0 Å². The van der Waals surface area contributed by atoms with Gasteiger partial charge in [-0.3, -0.25) is 0 Å². The molecule has 2 N–H and O–H groups in total. The van der Waals surface area contributed by atoms with Gasteiger partial charge < -0.3 is 20.1 Å². The van der Waals surface area contributed by atoms with Crippen molar-refractivity contribution in [2.75, 3.05) is 26.3 Å². The molecule has 0 saturated carbocycles. The van der Waals surface area contributed by atoms with Crippen LogP contribution < -0.4 is 10.6 Å². The Morgan fingerprint density at radius 3 is 2.35 bits per heavy atom. The van der Waals surface area contributed by atoms with Crippen molar-refractivity contribution in [3.63, 3.8) is 0 Å². The zero-order valence-electron chi connectivity index (χ0n) is 13.9. The number of carbonyl (C=O) groups is 1. The van der Waals surface area contributed by atoms with Crippen LogP contribution in [0.25, 0.3) is 0 Å². The van der Waals surface area contributed by atoms with Gasteiger partial charge >= 0.3 is 6.09 Å². The summed E-state index contributed by atoms with van der Waals surface area (Å²) < 4.78 is 10.6. The van der Waals surface area contributed by atoms with Gasteiger partial charge in [-0.1, -0.05) is 13.8 Å². The highest BCUT2D eigenvalue weighted by molar-refractivity contribution is 5.67. The van der Waals surface area contributed by atoms with Crippen molar-refractivity contribution in [1.82, 2.24) is 10.6 Å². The molecule has 0 aromatic rings. The smallest absolute Gasteiger partial charge is 0.407 e. The molecule has 0 aliphatic rings. The van der Waals surface area contributed by atoms with Crippen LogP contribution in [0.1, 0.15) is 48.0 Å². The Hall–Kier alpha value is -0.810. The summed E-state index contributed by atoms with van der Waals surface area (Å²) in [6, 6.07) is 0.358. The van der Waals surface area contributed by atoms with E-state index in [2.05, 4.69) is 24.5 Å². The van der Waals surface area contributed by atoms with E-state index in [1.807, 2.05) is 27.7 Å². The second-order valence-corrected chi connectivity index (χ2v) is 6.25. The first-order valence-corrected chi connectivity index (χ1v) is 7.54. The van der Waals surface area contributed by atoms with Crippen LogP contribution in [0.2, 0.25) is 0 Å². The van der Waals surface area contributed by atoms with Gasteiger partial charge in [-0.2, -0.15) is 0 Å². The summed E-state index contributed by atoms with van der Waals surface area (Å²) in [5.41, 5.74) is -0.442. The van der Waals surface area contributed by atoms with E-state index < -0.39 is 5.60 Å². The lowest BCUT2D eigenvalue weighted by atomic mass is 10.1. The van der Waals surface area contributed by atoms with Crippen molar-refractivity contribution in [2.45, 2.75) is 59.6 Å². The molecular weight excluding hydrogens is 256 g/mol. The normalized spacial score (nSPS) is 13.3. The first kappa shape index (κ1) is 19.2. The van der Waals surface area contributed by atoms with Crippen molar-refractivity contribution in [1.29, 1.82) is 0 Å². The van der Waals surface area contributed by atoms with Gasteiger partial charge in [0.25, 0.3) is 0 Å². The van der Waals surface area contributed by atoms with E-state index >= 15 is 0 Å². The first-order valence-electron chi connectivity index (χ1n) is 7.54. The number of rotatable bonds is 9. The van der Waals surface area contributed by atoms with Gasteiger partial charge in [0.15, 0.2) is 0 Å². The van der Waals surface area contributed by atoms with E-state index in [1.54, 1.807) is 0 Å². The molecule has 120 valence electrons. The summed E-state index contributed by atoms with van der Waals surface area (Å²) in [5, 5.41) is 6.21. The number of alkyl carbamates (subject to hydrolysis) is 1. The topological polar surface area (TPSA) is 59.6 Å². The molecule has 0 bridgehead atoms. The molecule has 0 spiro atoms. The lowest BCUT2D eigenvalue weighted by Crippen LogP contribution is -2.40. The summed E-state index contributed by atoms with van der Waals surface area (Å²) >= 11 is 0. The number of hydrogen-bond acceptors (Lipinski definition) is 4. The number of nitrogens with one attached hydrogen (secondary N) is 2. The molecule has 0 radical (unpaired) electrons. The molecule has 0 saturated heterocycles. The average molecular weight is 288 g/mol. The fourth-order valence-electron chi connectivity index (χ4n) is 1.61.